The molecule has 4 nitrogen and oxygen atoms in total. The fraction of sp³-hybridized carbons (Fsp3) is 1.00. The fourth-order valence-corrected chi connectivity index (χ4v) is 5.96. The van der Waals surface area contributed by atoms with Gasteiger partial charge in [-0.3, -0.25) is 14.7 Å². The van der Waals surface area contributed by atoms with Crippen LogP contribution in [0.4, 0.5) is 0 Å². The summed E-state index contributed by atoms with van der Waals surface area (Å²) in [7, 11) is -1.84. The van der Waals surface area contributed by atoms with Crippen molar-refractivity contribution in [3.8, 4) is 0 Å². The maximum atomic E-state index is 12.3. The lowest BCUT2D eigenvalue weighted by Crippen LogP contribution is -2.59. The maximum Gasteiger partial charge on any atom is 0.0873 e. The fourth-order valence-electron chi connectivity index (χ4n) is 4.40. The third kappa shape index (κ3) is 5.80. The summed E-state index contributed by atoms with van der Waals surface area (Å²) in [5.41, 5.74) is 0.729. The van der Waals surface area contributed by atoms with E-state index in [4.69, 9.17) is 0 Å². The summed E-state index contributed by atoms with van der Waals surface area (Å²) in [6.45, 7) is 25.3. The molecule has 0 spiro atoms. The molecule has 2 saturated heterocycles. The third-order valence-electron chi connectivity index (χ3n) is 6.97. The van der Waals surface area contributed by atoms with Crippen molar-refractivity contribution in [1.82, 2.24) is 14.7 Å². The maximum absolute atomic E-state index is 12.3. The summed E-state index contributed by atoms with van der Waals surface area (Å²) in [6, 6.07) is 0. The van der Waals surface area contributed by atoms with Gasteiger partial charge in [0.2, 0.25) is 0 Å². The molecule has 0 aromatic rings. The van der Waals surface area contributed by atoms with Crippen molar-refractivity contribution in [2.45, 2.75) is 77.9 Å². The molecule has 0 saturated carbocycles. The van der Waals surface area contributed by atoms with Gasteiger partial charge in [0.1, 0.15) is 0 Å². The lowest BCUT2D eigenvalue weighted by molar-refractivity contribution is 0.00355. The molecule has 154 valence electrons. The molecule has 0 radical (unpaired) electrons. The summed E-state index contributed by atoms with van der Waals surface area (Å²) >= 11 is 0. The van der Waals surface area contributed by atoms with Crippen LogP contribution in [0.3, 0.4) is 0 Å². The van der Waals surface area contributed by atoms with Crippen LogP contribution >= 0.6 is 7.14 Å². The highest BCUT2D eigenvalue weighted by atomic mass is 31.2. The van der Waals surface area contributed by atoms with E-state index in [0.29, 0.717) is 0 Å². The Bertz CT molecular complexity index is 504. The van der Waals surface area contributed by atoms with Crippen LogP contribution < -0.4 is 0 Å². The minimum Gasteiger partial charge on any atom is -0.324 e. The first kappa shape index (κ1) is 22.4. The third-order valence-corrected chi connectivity index (χ3v) is 9.27. The molecule has 0 amide bonds. The molecule has 0 aromatic heterocycles. The highest BCUT2D eigenvalue weighted by Crippen LogP contribution is 2.44. The van der Waals surface area contributed by atoms with Crippen molar-refractivity contribution in [2.75, 3.05) is 58.3 Å². The zero-order valence-electron chi connectivity index (χ0n) is 18.8. The summed E-state index contributed by atoms with van der Waals surface area (Å²) in [5.74, 6) is 0. The first-order valence-electron chi connectivity index (χ1n) is 10.5. The summed E-state index contributed by atoms with van der Waals surface area (Å²) < 4.78 is 12.3. The molecular formula is C21H44N3OP. The Balaban J connectivity index is 1.86. The number of hydrogen-bond acceptors (Lipinski definition) is 4. The van der Waals surface area contributed by atoms with Gasteiger partial charge in [0.05, 0.1) is 7.14 Å². The summed E-state index contributed by atoms with van der Waals surface area (Å²) in [6.07, 6.45) is 4.21. The number of hydrogen-bond donors (Lipinski definition) is 0. The van der Waals surface area contributed by atoms with Gasteiger partial charge in [-0.1, -0.05) is 0 Å². The Morgan fingerprint density at radius 1 is 0.654 bits per heavy atom. The van der Waals surface area contributed by atoms with Crippen molar-refractivity contribution in [3.05, 3.63) is 0 Å². The molecule has 0 unspecified atom stereocenters. The lowest BCUT2D eigenvalue weighted by Gasteiger charge is -2.49. The van der Waals surface area contributed by atoms with Gasteiger partial charge in [-0.15, -0.1) is 0 Å². The van der Waals surface area contributed by atoms with Crippen LogP contribution in [0, 0.1) is 0 Å². The first-order chi connectivity index (χ1) is 11.7. The standard InChI is InChI=1S/C21H44N3OP/c1-19(2,3)22-11-13-23(14-12-22)20(4,5)9-10-21(6,7)24-15-17-26(8,25)18-16-24/h9-18H2,1-8H3. The second kappa shape index (κ2) is 7.85. The predicted octanol–water partition coefficient (Wildman–Crippen LogP) is 4.05. The van der Waals surface area contributed by atoms with Crippen LogP contribution in [0.2, 0.25) is 0 Å². The molecule has 0 aliphatic carbocycles. The zero-order chi connectivity index (χ0) is 19.8. The number of nitrogens with zero attached hydrogens (tertiary/aromatic N) is 3. The van der Waals surface area contributed by atoms with E-state index in [9.17, 15) is 4.57 Å². The van der Waals surface area contributed by atoms with Gasteiger partial charge in [0, 0.05) is 68.2 Å². The van der Waals surface area contributed by atoms with Crippen LogP contribution in [0.25, 0.3) is 0 Å². The zero-order valence-corrected chi connectivity index (χ0v) is 19.7. The summed E-state index contributed by atoms with van der Waals surface area (Å²) in [5, 5.41) is 0. The van der Waals surface area contributed by atoms with Crippen LogP contribution in [0.1, 0.15) is 61.3 Å². The Hall–Kier alpha value is 0.110. The topological polar surface area (TPSA) is 26.8 Å². The molecule has 2 heterocycles. The van der Waals surface area contributed by atoms with E-state index in [1.54, 1.807) is 0 Å². The van der Waals surface area contributed by atoms with Gasteiger partial charge in [-0.2, -0.15) is 0 Å². The molecule has 2 aliphatic heterocycles. The van der Waals surface area contributed by atoms with Crippen molar-refractivity contribution in [1.29, 1.82) is 0 Å². The minimum atomic E-state index is -1.84. The van der Waals surface area contributed by atoms with Crippen molar-refractivity contribution < 1.29 is 4.57 Å². The normalized spacial score (nSPS) is 24.8. The molecule has 0 aromatic carbocycles. The monoisotopic (exact) mass is 385 g/mol. The van der Waals surface area contributed by atoms with Crippen molar-refractivity contribution in [2.24, 2.45) is 0 Å². The van der Waals surface area contributed by atoms with Gasteiger partial charge in [-0.05, 0) is 68.0 Å². The molecule has 26 heavy (non-hydrogen) atoms. The first-order valence-corrected chi connectivity index (χ1v) is 13.1. The Labute approximate surface area is 163 Å². The summed E-state index contributed by atoms with van der Waals surface area (Å²) in [4.78, 5) is 7.89. The molecule has 2 aliphatic rings. The van der Waals surface area contributed by atoms with Gasteiger partial charge in [0.15, 0.2) is 0 Å². The average molecular weight is 386 g/mol. The molecule has 2 rings (SSSR count). The Morgan fingerprint density at radius 2 is 1.00 bits per heavy atom. The number of rotatable bonds is 5. The molecule has 5 heteroatoms. The van der Waals surface area contributed by atoms with E-state index in [2.05, 4.69) is 63.2 Å². The number of piperazine rings is 1. The molecule has 0 bridgehead atoms. The minimum absolute atomic E-state index is 0.199. The molecule has 0 atom stereocenters. The smallest absolute Gasteiger partial charge is 0.0873 e. The lowest BCUT2D eigenvalue weighted by atomic mass is 9.86. The second-order valence-electron chi connectivity index (χ2n) is 11.0. The van der Waals surface area contributed by atoms with E-state index in [1.165, 1.54) is 39.0 Å². The van der Waals surface area contributed by atoms with Crippen LogP contribution in [-0.2, 0) is 4.57 Å². The van der Waals surface area contributed by atoms with Gasteiger partial charge >= 0.3 is 0 Å². The average Bonchev–Trinajstić information content (AvgIpc) is 2.52. The highest BCUT2D eigenvalue weighted by Gasteiger charge is 2.37. The van der Waals surface area contributed by atoms with Crippen molar-refractivity contribution in [3.63, 3.8) is 0 Å². The van der Waals surface area contributed by atoms with E-state index < -0.39 is 7.14 Å². The largest absolute Gasteiger partial charge is 0.324 e. The molecule has 2 fully saturated rings. The molecular weight excluding hydrogens is 341 g/mol. The second-order valence-corrected chi connectivity index (χ2v) is 14.5. The SMILES string of the molecule is CC(C)(C)N1CCN(C(C)(C)CCC(C)(C)N2CCP(C)(=O)CC2)CC1. The Kier molecular flexibility index (Phi) is 6.77. The van der Waals surface area contributed by atoms with Gasteiger partial charge in [0.25, 0.3) is 0 Å². The van der Waals surface area contributed by atoms with Crippen LogP contribution in [-0.4, -0.2) is 89.6 Å². The predicted molar refractivity (Wildman–Crippen MR) is 115 cm³/mol. The quantitative estimate of drug-likeness (QED) is 0.667. The van der Waals surface area contributed by atoms with Gasteiger partial charge in [-0.25, -0.2) is 0 Å². The van der Waals surface area contributed by atoms with E-state index in [0.717, 1.165) is 25.4 Å². The van der Waals surface area contributed by atoms with Crippen molar-refractivity contribution >= 4 is 7.14 Å². The Morgan fingerprint density at radius 3 is 1.38 bits per heavy atom. The van der Waals surface area contributed by atoms with E-state index in [1.807, 2.05) is 6.66 Å². The van der Waals surface area contributed by atoms with E-state index in [-0.39, 0.29) is 16.6 Å². The molecule has 0 N–H and O–H groups in total. The van der Waals surface area contributed by atoms with Crippen LogP contribution in [0.15, 0.2) is 0 Å². The van der Waals surface area contributed by atoms with Gasteiger partial charge < -0.3 is 4.57 Å². The van der Waals surface area contributed by atoms with Crippen LogP contribution in [0.5, 0.6) is 0 Å². The highest BCUT2D eigenvalue weighted by molar-refractivity contribution is 7.63. The van der Waals surface area contributed by atoms with E-state index >= 15 is 0 Å².